The van der Waals surface area contributed by atoms with E-state index in [1.807, 2.05) is 19.2 Å². The number of hydrogen-bond acceptors (Lipinski definition) is 5. The summed E-state index contributed by atoms with van der Waals surface area (Å²) in [4.78, 5) is 16.0. The van der Waals surface area contributed by atoms with E-state index in [2.05, 4.69) is 21.1 Å². The fraction of sp³-hybridized carbons (Fsp3) is 0.588. The average molecular weight is 333 g/mol. The maximum atomic E-state index is 14.2. The maximum Gasteiger partial charge on any atom is 0.236 e. The van der Waals surface area contributed by atoms with Crippen LogP contribution in [0.15, 0.2) is 24.3 Å². The third kappa shape index (κ3) is 2.82. The molecular formula is C17H24FN5O. The zero-order valence-corrected chi connectivity index (χ0v) is 13.8. The fourth-order valence-corrected chi connectivity index (χ4v) is 4.11. The molecule has 0 spiro atoms. The van der Waals surface area contributed by atoms with Crippen LogP contribution in [0.25, 0.3) is 0 Å². The van der Waals surface area contributed by atoms with Gasteiger partial charge in [0, 0.05) is 44.2 Å². The highest BCUT2D eigenvalue weighted by Crippen LogP contribution is 2.35. The molecule has 1 aromatic carbocycles. The monoisotopic (exact) mass is 333 g/mol. The van der Waals surface area contributed by atoms with Crippen LogP contribution in [-0.2, 0) is 4.79 Å². The molecule has 3 aliphatic rings. The number of carbonyl (C=O) groups is 1. The van der Waals surface area contributed by atoms with Gasteiger partial charge in [-0.15, -0.1) is 0 Å². The van der Waals surface area contributed by atoms with Crippen LogP contribution in [0, 0.1) is 11.7 Å². The van der Waals surface area contributed by atoms with E-state index in [-0.39, 0.29) is 30.0 Å². The van der Waals surface area contributed by atoms with E-state index in [1.165, 1.54) is 6.07 Å². The van der Waals surface area contributed by atoms with Gasteiger partial charge in [0.25, 0.3) is 0 Å². The van der Waals surface area contributed by atoms with E-state index in [0.717, 1.165) is 26.1 Å². The normalized spacial score (nSPS) is 34.4. The molecule has 0 saturated carbocycles. The van der Waals surface area contributed by atoms with E-state index in [9.17, 15) is 9.18 Å². The zero-order valence-electron chi connectivity index (χ0n) is 13.8. The lowest BCUT2D eigenvalue weighted by molar-refractivity contribution is -0.136. The molecule has 0 bridgehead atoms. The molecule has 1 aromatic rings. The second kappa shape index (κ2) is 6.40. The molecule has 3 aliphatic heterocycles. The number of benzene rings is 1. The van der Waals surface area contributed by atoms with Gasteiger partial charge in [-0.3, -0.25) is 15.1 Å². The summed E-state index contributed by atoms with van der Waals surface area (Å²) in [7, 11) is 1.85. The molecular weight excluding hydrogens is 309 g/mol. The lowest BCUT2D eigenvalue weighted by atomic mass is 9.83. The van der Waals surface area contributed by atoms with Crippen molar-refractivity contribution in [2.45, 2.75) is 24.7 Å². The summed E-state index contributed by atoms with van der Waals surface area (Å²) in [6, 6.07) is 7.21. The highest BCUT2D eigenvalue weighted by atomic mass is 19.1. The number of nitrogens with one attached hydrogen (secondary N) is 3. The van der Waals surface area contributed by atoms with Gasteiger partial charge in [-0.25, -0.2) is 9.82 Å². The summed E-state index contributed by atoms with van der Waals surface area (Å²) in [5.74, 6) is 0.295. The molecule has 4 unspecified atom stereocenters. The molecule has 0 aromatic heterocycles. The van der Waals surface area contributed by atoms with E-state index in [0.29, 0.717) is 18.0 Å². The molecule has 6 nitrogen and oxygen atoms in total. The van der Waals surface area contributed by atoms with Crippen molar-refractivity contribution in [1.29, 1.82) is 0 Å². The molecule has 3 heterocycles. The van der Waals surface area contributed by atoms with Crippen LogP contribution in [0.2, 0.25) is 0 Å². The minimum absolute atomic E-state index is 0.0380. The second-order valence-electron chi connectivity index (χ2n) is 7.00. The van der Waals surface area contributed by atoms with Gasteiger partial charge in [0.2, 0.25) is 5.91 Å². The Bertz CT molecular complexity index is 627. The number of nitrogens with zero attached hydrogens (tertiary/aromatic N) is 2. The van der Waals surface area contributed by atoms with Crippen LogP contribution < -0.4 is 16.2 Å². The van der Waals surface area contributed by atoms with Crippen LogP contribution in [0.4, 0.5) is 4.39 Å². The first kappa shape index (κ1) is 16.0. The van der Waals surface area contributed by atoms with E-state index in [4.69, 9.17) is 0 Å². The predicted octanol–water partition coefficient (Wildman–Crippen LogP) is 0.0528. The van der Waals surface area contributed by atoms with Crippen molar-refractivity contribution < 1.29 is 9.18 Å². The number of hydrogen-bond donors (Lipinski definition) is 3. The van der Waals surface area contributed by atoms with Gasteiger partial charge in [0.15, 0.2) is 0 Å². The minimum Gasteiger partial charge on any atom is -0.343 e. The van der Waals surface area contributed by atoms with Crippen LogP contribution >= 0.6 is 0 Å². The standard InChI is InChI=1S/C17H24FN5O/c1-22-6-7-23(10-16(22)24)15-8-12-14(9-19-15)20-21-17(12)11-4-2-3-5-13(11)18/h2-5,12,14-15,17,19-21H,6-10H2,1H3. The summed E-state index contributed by atoms with van der Waals surface area (Å²) >= 11 is 0. The summed E-state index contributed by atoms with van der Waals surface area (Å²) in [6.07, 6.45) is 1.06. The number of piperidine rings is 1. The number of piperazine rings is 1. The van der Waals surface area contributed by atoms with Gasteiger partial charge in [-0.1, -0.05) is 18.2 Å². The number of likely N-dealkylation sites (N-methyl/N-ethyl adjacent to an activating group) is 1. The average Bonchev–Trinajstić information content (AvgIpc) is 3.01. The van der Waals surface area contributed by atoms with Gasteiger partial charge < -0.3 is 10.2 Å². The van der Waals surface area contributed by atoms with Gasteiger partial charge in [0.05, 0.1) is 18.8 Å². The number of carbonyl (C=O) groups excluding carboxylic acids is 1. The molecule has 1 amide bonds. The topological polar surface area (TPSA) is 59.6 Å². The Hall–Kier alpha value is -1.54. The first-order valence-corrected chi connectivity index (χ1v) is 8.60. The smallest absolute Gasteiger partial charge is 0.236 e. The van der Waals surface area contributed by atoms with Gasteiger partial charge in [-0.05, 0) is 12.5 Å². The van der Waals surface area contributed by atoms with Crippen molar-refractivity contribution in [3.8, 4) is 0 Å². The van der Waals surface area contributed by atoms with Crippen LogP contribution in [0.3, 0.4) is 0 Å². The SMILES string of the molecule is CN1CCN(C2CC3C(CN2)NNC3c2ccccc2F)CC1=O. The Labute approximate surface area is 141 Å². The molecule has 3 N–H and O–H groups in total. The van der Waals surface area contributed by atoms with Crippen molar-refractivity contribution in [1.82, 2.24) is 26.0 Å². The zero-order chi connectivity index (χ0) is 16.7. The van der Waals surface area contributed by atoms with Crippen molar-refractivity contribution in [2.75, 3.05) is 33.2 Å². The van der Waals surface area contributed by atoms with Crippen molar-refractivity contribution in [2.24, 2.45) is 5.92 Å². The Balaban J connectivity index is 1.49. The maximum absolute atomic E-state index is 14.2. The molecule has 24 heavy (non-hydrogen) atoms. The summed E-state index contributed by atoms with van der Waals surface area (Å²) in [5, 5.41) is 3.54. The molecule has 0 radical (unpaired) electrons. The van der Waals surface area contributed by atoms with E-state index < -0.39 is 0 Å². The van der Waals surface area contributed by atoms with Crippen molar-refractivity contribution >= 4 is 5.91 Å². The van der Waals surface area contributed by atoms with Crippen LogP contribution in [0.5, 0.6) is 0 Å². The van der Waals surface area contributed by atoms with Crippen LogP contribution in [0.1, 0.15) is 18.0 Å². The quantitative estimate of drug-likeness (QED) is 0.714. The second-order valence-corrected chi connectivity index (χ2v) is 7.00. The summed E-state index contributed by atoms with van der Waals surface area (Å²) in [6.45, 7) is 2.91. The molecule has 4 atom stereocenters. The Morgan fingerprint density at radius 3 is 2.83 bits per heavy atom. The van der Waals surface area contributed by atoms with Gasteiger partial charge >= 0.3 is 0 Å². The largest absolute Gasteiger partial charge is 0.343 e. The molecule has 4 rings (SSSR count). The van der Waals surface area contributed by atoms with Gasteiger partial charge in [0.1, 0.15) is 5.82 Å². The third-order valence-corrected chi connectivity index (χ3v) is 5.61. The summed E-state index contributed by atoms with van der Waals surface area (Å²) < 4.78 is 14.2. The van der Waals surface area contributed by atoms with E-state index >= 15 is 0 Å². The minimum atomic E-state index is -0.165. The van der Waals surface area contributed by atoms with Crippen LogP contribution in [-0.4, -0.2) is 61.1 Å². The first-order valence-electron chi connectivity index (χ1n) is 8.60. The first-order chi connectivity index (χ1) is 11.6. The lowest BCUT2D eigenvalue weighted by Crippen LogP contribution is -2.61. The predicted molar refractivity (Wildman–Crippen MR) is 88.3 cm³/mol. The molecule has 0 aliphatic carbocycles. The fourth-order valence-electron chi connectivity index (χ4n) is 4.11. The molecule has 3 saturated heterocycles. The highest BCUT2D eigenvalue weighted by molar-refractivity contribution is 5.78. The number of hydrazine groups is 1. The number of amides is 1. The Morgan fingerprint density at radius 1 is 1.21 bits per heavy atom. The lowest BCUT2D eigenvalue weighted by Gasteiger charge is -2.43. The Morgan fingerprint density at radius 2 is 2.04 bits per heavy atom. The summed E-state index contributed by atoms with van der Waals surface area (Å²) in [5.41, 5.74) is 7.29. The van der Waals surface area contributed by atoms with Crippen molar-refractivity contribution in [3.05, 3.63) is 35.6 Å². The van der Waals surface area contributed by atoms with Gasteiger partial charge in [-0.2, -0.15) is 0 Å². The highest BCUT2D eigenvalue weighted by Gasteiger charge is 2.43. The van der Waals surface area contributed by atoms with Crippen molar-refractivity contribution in [3.63, 3.8) is 0 Å². The Kier molecular flexibility index (Phi) is 4.26. The number of halogens is 1. The van der Waals surface area contributed by atoms with E-state index in [1.54, 1.807) is 11.0 Å². The third-order valence-electron chi connectivity index (χ3n) is 5.61. The molecule has 7 heteroatoms. The number of rotatable bonds is 2. The molecule has 3 fully saturated rings. The molecule has 130 valence electrons. The number of fused-ring (bicyclic) bond motifs is 1.